The molecule has 0 atom stereocenters. The molecule has 5 aromatic rings. The van der Waals surface area contributed by atoms with Gasteiger partial charge in [-0.3, -0.25) is 14.8 Å². The highest BCUT2D eigenvalue weighted by Crippen LogP contribution is 2.34. The molecule has 0 fully saturated rings. The Kier molecular flexibility index (Phi) is 7.95. The Morgan fingerprint density at radius 3 is 2.61 bits per heavy atom. The van der Waals surface area contributed by atoms with Crippen molar-refractivity contribution in [2.75, 3.05) is 24.3 Å². The van der Waals surface area contributed by atoms with Crippen LogP contribution in [0.25, 0.3) is 33.2 Å². The molecule has 3 aromatic heterocycles. The van der Waals surface area contributed by atoms with E-state index >= 15 is 0 Å². The number of hydrogen-bond donors (Lipinski definition) is 2. The summed E-state index contributed by atoms with van der Waals surface area (Å²) in [7, 11) is 1.66. The summed E-state index contributed by atoms with van der Waals surface area (Å²) in [4.78, 5) is 25.9. The van der Waals surface area contributed by atoms with Crippen LogP contribution in [0.5, 0.6) is 5.75 Å². The minimum absolute atomic E-state index is 0.00812. The first-order valence-corrected chi connectivity index (χ1v) is 13.0. The van der Waals surface area contributed by atoms with Gasteiger partial charge in [0.05, 0.1) is 35.2 Å². The van der Waals surface area contributed by atoms with E-state index in [4.69, 9.17) is 21.3 Å². The van der Waals surface area contributed by atoms with Gasteiger partial charge in [0.1, 0.15) is 5.75 Å². The van der Waals surface area contributed by atoms with Gasteiger partial charge in [0.25, 0.3) is 0 Å². The molecule has 38 heavy (non-hydrogen) atoms. The number of nitrogens with one attached hydrogen (secondary N) is 2. The smallest absolute Gasteiger partial charge is 0.224 e. The largest absolute Gasteiger partial charge is 0.497 e. The molecule has 0 saturated heterocycles. The summed E-state index contributed by atoms with van der Waals surface area (Å²) in [5.41, 5.74) is 4.95. The van der Waals surface area contributed by atoms with Crippen LogP contribution in [0, 0.1) is 0 Å². The van der Waals surface area contributed by atoms with Crippen molar-refractivity contribution in [2.45, 2.75) is 25.7 Å². The van der Waals surface area contributed by atoms with Gasteiger partial charge in [-0.15, -0.1) is 0 Å². The standard InChI is InChI=1S/C30H28ClN5O2/c1-38-22-10-12-25-24(19-22)30(23-11-9-20(31)17-27(23)36-25)34-15-5-2-3-8-29(37)35-21-13-16-33-28(18-21)26-7-4-6-14-32-26/h4,6-7,9-14,16-19H,2-3,5,8,15H2,1H3,(H,34,36)(H,33,35,37). The summed E-state index contributed by atoms with van der Waals surface area (Å²) < 4.78 is 5.44. The summed E-state index contributed by atoms with van der Waals surface area (Å²) in [6.45, 7) is 0.771. The van der Waals surface area contributed by atoms with Crippen molar-refractivity contribution >= 4 is 50.7 Å². The van der Waals surface area contributed by atoms with Crippen molar-refractivity contribution in [3.05, 3.63) is 84.1 Å². The zero-order valence-corrected chi connectivity index (χ0v) is 21.8. The van der Waals surface area contributed by atoms with Gasteiger partial charge in [-0.1, -0.05) is 24.1 Å². The number of unbranched alkanes of at least 4 members (excludes halogenated alkanes) is 2. The number of amides is 1. The molecule has 5 rings (SSSR count). The van der Waals surface area contributed by atoms with Crippen LogP contribution in [0.2, 0.25) is 5.02 Å². The lowest BCUT2D eigenvalue weighted by Gasteiger charge is -2.14. The summed E-state index contributed by atoms with van der Waals surface area (Å²) in [6.07, 6.45) is 6.51. The first-order chi connectivity index (χ1) is 18.6. The molecule has 0 saturated carbocycles. The van der Waals surface area contributed by atoms with Gasteiger partial charge in [0, 0.05) is 46.8 Å². The van der Waals surface area contributed by atoms with Gasteiger partial charge in [-0.05, 0) is 73.5 Å². The fourth-order valence-electron chi connectivity index (χ4n) is 4.40. The van der Waals surface area contributed by atoms with E-state index in [0.717, 1.165) is 76.1 Å². The van der Waals surface area contributed by atoms with Crippen LogP contribution in [-0.2, 0) is 4.79 Å². The molecule has 0 aliphatic carbocycles. The lowest BCUT2D eigenvalue weighted by molar-refractivity contribution is -0.116. The van der Waals surface area contributed by atoms with Crippen LogP contribution >= 0.6 is 11.6 Å². The SMILES string of the molecule is COc1ccc2nc3cc(Cl)ccc3c(NCCCCCC(=O)Nc3ccnc(-c4ccccn4)c3)c2c1. The number of nitrogens with zero attached hydrogens (tertiary/aromatic N) is 3. The second-order valence-corrected chi connectivity index (χ2v) is 9.40. The van der Waals surface area contributed by atoms with E-state index in [9.17, 15) is 4.79 Å². The van der Waals surface area contributed by atoms with Gasteiger partial charge >= 0.3 is 0 Å². The predicted octanol–water partition coefficient (Wildman–Crippen LogP) is 7.12. The highest BCUT2D eigenvalue weighted by atomic mass is 35.5. The Bertz CT molecular complexity index is 1580. The normalized spacial score (nSPS) is 11.0. The molecule has 2 aromatic carbocycles. The summed E-state index contributed by atoms with van der Waals surface area (Å²) >= 11 is 6.22. The number of benzene rings is 2. The highest BCUT2D eigenvalue weighted by Gasteiger charge is 2.11. The number of ether oxygens (including phenoxy) is 1. The van der Waals surface area contributed by atoms with Crippen LogP contribution in [0.3, 0.4) is 0 Å². The maximum absolute atomic E-state index is 12.5. The first-order valence-electron chi connectivity index (χ1n) is 12.6. The molecule has 0 bridgehead atoms. The fourth-order valence-corrected chi connectivity index (χ4v) is 4.57. The van der Waals surface area contributed by atoms with Crippen LogP contribution < -0.4 is 15.4 Å². The number of carbonyl (C=O) groups is 1. The molecule has 0 unspecified atom stereocenters. The topological polar surface area (TPSA) is 89.0 Å². The Hall–Kier alpha value is -4.23. The molecule has 2 N–H and O–H groups in total. The molecule has 0 aliphatic rings. The molecule has 8 heteroatoms. The van der Waals surface area contributed by atoms with Crippen LogP contribution in [0.1, 0.15) is 25.7 Å². The van der Waals surface area contributed by atoms with Crippen molar-refractivity contribution in [1.29, 1.82) is 0 Å². The van der Waals surface area contributed by atoms with Gasteiger partial charge in [-0.2, -0.15) is 0 Å². The van der Waals surface area contributed by atoms with Crippen LogP contribution in [-0.4, -0.2) is 34.5 Å². The molecule has 1 amide bonds. The zero-order chi connectivity index (χ0) is 26.3. The Morgan fingerprint density at radius 2 is 1.76 bits per heavy atom. The van der Waals surface area contributed by atoms with Gasteiger partial charge in [0.2, 0.25) is 5.91 Å². The van der Waals surface area contributed by atoms with E-state index in [-0.39, 0.29) is 5.91 Å². The molecule has 192 valence electrons. The molecule has 0 aliphatic heterocycles. The summed E-state index contributed by atoms with van der Waals surface area (Å²) in [5, 5.41) is 9.24. The maximum atomic E-state index is 12.5. The fraction of sp³-hybridized carbons (Fsp3) is 0.200. The lowest BCUT2D eigenvalue weighted by Crippen LogP contribution is -2.11. The number of anilines is 2. The second kappa shape index (κ2) is 11.9. The van der Waals surface area contributed by atoms with Gasteiger partial charge in [0.15, 0.2) is 0 Å². The molecule has 0 radical (unpaired) electrons. The average molecular weight is 526 g/mol. The molecule has 3 heterocycles. The number of pyridine rings is 3. The Balaban J connectivity index is 1.16. The number of aromatic nitrogens is 3. The van der Waals surface area contributed by atoms with E-state index in [0.29, 0.717) is 11.4 Å². The third kappa shape index (κ3) is 6.01. The van der Waals surface area contributed by atoms with E-state index in [1.54, 1.807) is 25.6 Å². The van der Waals surface area contributed by atoms with Crippen molar-refractivity contribution in [3.8, 4) is 17.1 Å². The zero-order valence-electron chi connectivity index (χ0n) is 21.1. The van der Waals surface area contributed by atoms with Gasteiger partial charge < -0.3 is 15.4 Å². The van der Waals surface area contributed by atoms with Gasteiger partial charge in [-0.25, -0.2) is 4.98 Å². The first kappa shape index (κ1) is 25.4. The number of carbonyl (C=O) groups excluding carboxylic acids is 1. The van der Waals surface area contributed by atoms with Crippen molar-refractivity contribution < 1.29 is 9.53 Å². The van der Waals surface area contributed by atoms with Crippen LogP contribution in [0.4, 0.5) is 11.4 Å². The minimum Gasteiger partial charge on any atom is -0.497 e. The number of rotatable bonds is 10. The highest BCUT2D eigenvalue weighted by molar-refractivity contribution is 6.31. The lowest BCUT2D eigenvalue weighted by atomic mass is 10.1. The third-order valence-corrected chi connectivity index (χ3v) is 6.53. The van der Waals surface area contributed by atoms with E-state index < -0.39 is 0 Å². The van der Waals surface area contributed by atoms with E-state index in [1.807, 2.05) is 60.7 Å². The van der Waals surface area contributed by atoms with Crippen molar-refractivity contribution in [1.82, 2.24) is 15.0 Å². The van der Waals surface area contributed by atoms with Crippen molar-refractivity contribution in [2.24, 2.45) is 0 Å². The number of hydrogen-bond acceptors (Lipinski definition) is 6. The third-order valence-electron chi connectivity index (χ3n) is 6.30. The monoisotopic (exact) mass is 525 g/mol. The maximum Gasteiger partial charge on any atom is 0.224 e. The minimum atomic E-state index is -0.00812. The number of methoxy groups -OCH3 is 1. The molecular formula is C30H28ClN5O2. The Morgan fingerprint density at radius 1 is 0.868 bits per heavy atom. The average Bonchev–Trinajstić information content (AvgIpc) is 2.94. The predicted molar refractivity (Wildman–Crippen MR) is 154 cm³/mol. The number of fused-ring (bicyclic) bond motifs is 2. The second-order valence-electron chi connectivity index (χ2n) is 8.96. The van der Waals surface area contributed by atoms with Crippen molar-refractivity contribution in [3.63, 3.8) is 0 Å². The van der Waals surface area contributed by atoms with E-state index in [2.05, 4.69) is 20.6 Å². The van der Waals surface area contributed by atoms with E-state index in [1.165, 1.54) is 0 Å². The van der Waals surface area contributed by atoms with Crippen LogP contribution in [0.15, 0.2) is 79.1 Å². The number of halogens is 1. The summed E-state index contributed by atoms with van der Waals surface area (Å²) in [5.74, 6) is 0.772. The molecule has 0 spiro atoms. The summed E-state index contributed by atoms with van der Waals surface area (Å²) in [6, 6.07) is 20.9. The molecule has 7 nitrogen and oxygen atoms in total. The Labute approximate surface area is 226 Å². The molecular weight excluding hydrogens is 498 g/mol. The quantitative estimate of drug-likeness (QED) is 0.149.